The van der Waals surface area contributed by atoms with Gasteiger partial charge in [-0.15, -0.1) is 0 Å². The molecule has 0 fully saturated rings. The summed E-state index contributed by atoms with van der Waals surface area (Å²) < 4.78 is 13.0. The van der Waals surface area contributed by atoms with E-state index in [9.17, 15) is 4.39 Å². The van der Waals surface area contributed by atoms with Crippen molar-refractivity contribution in [1.82, 2.24) is 10.2 Å². The third-order valence-electron chi connectivity index (χ3n) is 3.32. The molecule has 0 aliphatic heterocycles. The summed E-state index contributed by atoms with van der Waals surface area (Å²) in [6.45, 7) is 9.29. The van der Waals surface area contributed by atoms with Crippen molar-refractivity contribution in [3.63, 3.8) is 0 Å². The number of halogens is 1. The Morgan fingerprint density at radius 3 is 2.67 bits per heavy atom. The Labute approximate surface area is 110 Å². The molecule has 1 aromatic rings. The highest BCUT2D eigenvalue weighted by Gasteiger charge is 2.13. The first-order chi connectivity index (χ1) is 8.43. The Morgan fingerprint density at radius 2 is 2.06 bits per heavy atom. The normalized spacial score (nSPS) is 12.1. The maximum absolute atomic E-state index is 13.0. The summed E-state index contributed by atoms with van der Waals surface area (Å²) in [6, 6.07) is 6.80. The van der Waals surface area contributed by atoms with Gasteiger partial charge in [0.25, 0.3) is 0 Å². The third-order valence-corrected chi connectivity index (χ3v) is 3.32. The Morgan fingerprint density at radius 1 is 1.33 bits per heavy atom. The Balaban J connectivity index is 2.32. The minimum absolute atomic E-state index is 0.161. The van der Waals surface area contributed by atoms with Gasteiger partial charge in [0.1, 0.15) is 5.82 Å². The quantitative estimate of drug-likeness (QED) is 0.802. The molecule has 1 rings (SSSR count). The molecule has 0 bridgehead atoms. The van der Waals surface area contributed by atoms with Gasteiger partial charge < -0.3 is 10.2 Å². The summed E-state index contributed by atoms with van der Waals surface area (Å²) in [4.78, 5) is 2.20. The molecule has 0 atom stereocenters. The van der Waals surface area contributed by atoms with Crippen molar-refractivity contribution >= 4 is 0 Å². The molecular weight excluding hydrogens is 227 g/mol. The molecule has 1 aromatic carbocycles. The molecule has 0 unspecified atom stereocenters. The van der Waals surface area contributed by atoms with E-state index in [1.165, 1.54) is 6.07 Å². The van der Waals surface area contributed by atoms with Crippen molar-refractivity contribution < 1.29 is 4.39 Å². The standard InChI is InChI=1S/C15H25FN2/c1-5-15(2,3)17-9-10-18(4)12-13-7-6-8-14(16)11-13/h6-8,11,17H,5,9-10,12H2,1-4H3. The maximum atomic E-state index is 13.0. The van der Waals surface area contributed by atoms with Gasteiger partial charge in [-0.2, -0.15) is 0 Å². The third kappa shape index (κ3) is 5.61. The van der Waals surface area contributed by atoms with Gasteiger partial charge in [-0.05, 0) is 45.0 Å². The van der Waals surface area contributed by atoms with Crippen molar-refractivity contribution in [1.29, 1.82) is 0 Å². The second-order valence-electron chi connectivity index (χ2n) is 5.53. The predicted octanol–water partition coefficient (Wildman–Crippen LogP) is 3.04. The summed E-state index contributed by atoms with van der Waals surface area (Å²) in [5.74, 6) is -0.161. The molecule has 18 heavy (non-hydrogen) atoms. The minimum atomic E-state index is -0.161. The Bertz CT molecular complexity index is 363. The topological polar surface area (TPSA) is 15.3 Å². The van der Waals surface area contributed by atoms with Crippen molar-refractivity contribution in [3.8, 4) is 0 Å². The molecule has 0 amide bonds. The molecule has 0 saturated heterocycles. The fourth-order valence-corrected chi connectivity index (χ4v) is 1.74. The van der Waals surface area contributed by atoms with Gasteiger partial charge in [-0.3, -0.25) is 0 Å². The smallest absolute Gasteiger partial charge is 0.123 e. The molecule has 0 aromatic heterocycles. The van der Waals surface area contributed by atoms with Gasteiger partial charge in [-0.1, -0.05) is 19.1 Å². The van der Waals surface area contributed by atoms with Crippen molar-refractivity contribution in [2.24, 2.45) is 0 Å². The predicted molar refractivity (Wildman–Crippen MR) is 75.1 cm³/mol. The number of rotatable bonds is 7. The number of nitrogens with zero attached hydrogens (tertiary/aromatic N) is 1. The van der Waals surface area contributed by atoms with Crippen LogP contribution >= 0.6 is 0 Å². The zero-order valence-corrected chi connectivity index (χ0v) is 12.0. The number of likely N-dealkylation sites (N-methyl/N-ethyl adjacent to an activating group) is 1. The first kappa shape index (κ1) is 15.1. The van der Waals surface area contributed by atoms with Crippen LogP contribution in [-0.2, 0) is 6.54 Å². The van der Waals surface area contributed by atoms with Gasteiger partial charge >= 0.3 is 0 Å². The minimum Gasteiger partial charge on any atom is -0.311 e. The molecule has 0 saturated carbocycles. The number of hydrogen-bond acceptors (Lipinski definition) is 2. The summed E-state index contributed by atoms with van der Waals surface area (Å²) in [5.41, 5.74) is 1.21. The highest BCUT2D eigenvalue weighted by molar-refractivity contribution is 5.15. The average Bonchev–Trinajstić information content (AvgIpc) is 2.28. The van der Waals surface area contributed by atoms with E-state index < -0.39 is 0 Å². The summed E-state index contributed by atoms with van der Waals surface area (Å²) in [6.07, 6.45) is 1.11. The van der Waals surface area contributed by atoms with Crippen LogP contribution in [0, 0.1) is 5.82 Å². The average molecular weight is 252 g/mol. The Hall–Kier alpha value is -0.930. The summed E-state index contributed by atoms with van der Waals surface area (Å²) >= 11 is 0. The van der Waals surface area contributed by atoms with E-state index in [-0.39, 0.29) is 11.4 Å². The maximum Gasteiger partial charge on any atom is 0.123 e. The van der Waals surface area contributed by atoms with E-state index in [2.05, 4.69) is 38.0 Å². The summed E-state index contributed by atoms with van der Waals surface area (Å²) in [7, 11) is 2.06. The molecule has 0 aliphatic carbocycles. The van der Waals surface area contributed by atoms with E-state index >= 15 is 0 Å². The highest BCUT2D eigenvalue weighted by Crippen LogP contribution is 2.07. The first-order valence-corrected chi connectivity index (χ1v) is 6.61. The van der Waals surface area contributed by atoms with Crippen LogP contribution in [0.15, 0.2) is 24.3 Å². The van der Waals surface area contributed by atoms with E-state index in [1.807, 2.05) is 6.07 Å². The molecule has 0 heterocycles. The van der Waals surface area contributed by atoms with Crippen LogP contribution in [0.5, 0.6) is 0 Å². The van der Waals surface area contributed by atoms with Gasteiger partial charge in [0, 0.05) is 25.2 Å². The summed E-state index contributed by atoms with van der Waals surface area (Å²) in [5, 5.41) is 3.52. The molecule has 0 spiro atoms. The number of nitrogens with one attached hydrogen (secondary N) is 1. The second-order valence-corrected chi connectivity index (χ2v) is 5.53. The van der Waals surface area contributed by atoms with Crippen LogP contribution in [0.2, 0.25) is 0 Å². The highest BCUT2D eigenvalue weighted by atomic mass is 19.1. The van der Waals surface area contributed by atoms with Crippen LogP contribution < -0.4 is 5.32 Å². The molecular formula is C15H25FN2. The molecule has 1 N–H and O–H groups in total. The van der Waals surface area contributed by atoms with Crippen molar-refractivity contribution in [2.45, 2.75) is 39.3 Å². The van der Waals surface area contributed by atoms with E-state index in [1.54, 1.807) is 12.1 Å². The largest absolute Gasteiger partial charge is 0.311 e. The van der Waals surface area contributed by atoms with E-state index in [0.717, 1.165) is 31.6 Å². The van der Waals surface area contributed by atoms with Crippen molar-refractivity contribution in [3.05, 3.63) is 35.6 Å². The lowest BCUT2D eigenvalue weighted by molar-refractivity contribution is 0.293. The van der Waals surface area contributed by atoms with Crippen LogP contribution in [0.1, 0.15) is 32.8 Å². The molecule has 0 aliphatic rings. The van der Waals surface area contributed by atoms with Gasteiger partial charge in [0.15, 0.2) is 0 Å². The molecule has 2 nitrogen and oxygen atoms in total. The second kappa shape index (κ2) is 6.86. The monoisotopic (exact) mass is 252 g/mol. The van der Waals surface area contributed by atoms with Gasteiger partial charge in [-0.25, -0.2) is 4.39 Å². The lowest BCUT2D eigenvalue weighted by Crippen LogP contribution is -2.42. The Kier molecular flexibility index (Phi) is 5.76. The first-order valence-electron chi connectivity index (χ1n) is 6.61. The lowest BCUT2D eigenvalue weighted by atomic mass is 10.0. The van der Waals surface area contributed by atoms with Crippen LogP contribution in [0.25, 0.3) is 0 Å². The molecule has 102 valence electrons. The zero-order chi connectivity index (χ0) is 13.6. The van der Waals surface area contributed by atoms with Gasteiger partial charge in [0.2, 0.25) is 0 Å². The molecule has 3 heteroatoms. The SMILES string of the molecule is CCC(C)(C)NCCN(C)Cc1cccc(F)c1. The lowest BCUT2D eigenvalue weighted by Gasteiger charge is -2.26. The fourth-order valence-electron chi connectivity index (χ4n) is 1.74. The van der Waals surface area contributed by atoms with Crippen LogP contribution in [0.3, 0.4) is 0 Å². The zero-order valence-electron chi connectivity index (χ0n) is 12.0. The number of hydrogen-bond donors (Lipinski definition) is 1. The van der Waals surface area contributed by atoms with Crippen LogP contribution in [0.4, 0.5) is 4.39 Å². The van der Waals surface area contributed by atoms with Gasteiger partial charge in [0.05, 0.1) is 0 Å². The number of benzene rings is 1. The van der Waals surface area contributed by atoms with Crippen molar-refractivity contribution in [2.75, 3.05) is 20.1 Å². The van der Waals surface area contributed by atoms with Crippen LogP contribution in [-0.4, -0.2) is 30.6 Å². The van der Waals surface area contributed by atoms with E-state index in [0.29, 0.717) is 0 Å². The fraction of sp³-hybridized carbons (Fsp3) is 0.600. The molecule has 0 radical (unpaired) electrons. The van der Waals surface area contributed by atoms with E-state index in [4.69, 9.17) is 0 Å².